The van der Waals surface area contributed by atoms with Gasteiger partial charge >= 0.3 is 6.03 Å². The van der Waals surface area contributed by atoms with Crippen molar-refractivity contribution in [2.75, 3.05) is 6.54 Å². The summed E-state index contributed by atoms with van der Waals surface area (Å²) in [5.74, 6) is 1.37. The second kappa shape index (κ2) is 9.90. The van der Waals surface area contributed by atoms with Gasteiger partial charge in [-0.25, -0.2) is 9.48 Å². The van der Waals surface area contributed by atoms with Gasteiger partial charge in [0.15, 0.2) is 0 Å². The molecular weight excluding hydrogens is 400 g/mol. The van der Waals surface area contributed by atoms with Gasteiger partial charge < -0.3 is 15.0 Å². The number of aromatic nitrogens is 2. The Kier molecular flexibility index (Phi) is 7.23. The highest BCUT2D eigenvalue weighted by Gasteiger charge is 2.25. The number of rotatable bonds is 7. The number of ether oxygens (including phenoxy) is 1. The summed E-state index contributed by atoms with van der Waals surface area (Å²) in [6.07, 6.45) is 0.859. The Morgan fingerprint density at radius 3 is 2.44 bits per heavy atom. The quantitative estimate of drug-likeness (QED) is 0.496. The molecule has 2 amide bonds. The number of carbonyl (C=O) groups is 1. The zero-order valence-electron chi connectivity index (χ0n) is 20.0. The molecule has 2 aromatic carbocycles. The molecule has 0 spiro atoms. The van der Waals surface area contributed by atoms with Gasteiger partial charge in [-0.2, -0.15) is 5.10 Å². The van der Waals surface area contributed by atoms with Crippen molar-refractivity contribution in [3.63, 3.8) is 0 Å². The first-order valence-electron chi connectivity index (χ1n) is 11.1. The normalized spacial score (nSPS) is 11.3. The molecule has 3 rings (SSSR count). The number of amides is 2. The first kappa shape index (κ1) is 23.4. The molecule has 0 aliphatic carbocycles. The topological polar surface area (TPSA) is 59.4 Å². The Hall–Kier alpha value is -3.28. The summed E-state index contributed by atoms with van der Waals surface area (Å²) < 4.78 is 8.22. The van der Waals surface area contributed by atoms with Crippen molar-refractivity contribution in [1.82, 2.24) is 20.0 Å². The van der Waals surface area contributed by atoms with E-state index >= 15 is 0 Å². The number of nitrogens with one attached hydrogen (secondary N) is 1. The lowest BCUT2D eigenvalue weighted by Crippen LogP contribution is -2.48. The SMILES string of the molecule is CCCN(Cc1c(C)nn(-c2ccccc2)c1Oc1cccc(C)c1)C(=O)NC(C)(C)C. The Bertz CT molecular complexity index is 1050. The standard InChI is InChI=1S/C26H34N4O2/c1-7-16-29(25(31)27-26(4,5)6)18-23-20(3)28-30(21-13-9-8-10-14-21)24(23)32-22-15-11-12-19(2)17-22/h8-15,17H,7,16,18H2,1-6H3,(H,27,31). The lowest BCUT2D eigenvalue weighted by Gasteiger charge is -2.28. The van der Waals surface area contributed by atoms with Crippen LogP contribution in [-0.4, -0.2) is 32.8 Å². The van der Waals surface area contributed by atoms with Gasteiger partial charge in [-0.15, -0.1) is 0 Å². The molecule has 1 aromatic heterocycles. The number of para-hydroxylation sites is 1. The third-order valence-electron chi connectivity index (χ3n) is 4.95. The van der Waals surface area contributed by atoms with Crippen LogP contribution >= 0.6 is 0 Å². The Morgan fingerprint density at radius 1 is 1.09 bits per heavy atom. The van der Waals surface area contributed by atoms with Crippen molar-refractivity contribution in [2.45, 2.75) is 60.0 Å². The Labute approximate surface area is 191 Å². The van der Waals surface area contributed by atoms with Gasteiger partial charge in [0.25, 0.3) is 0 Å². The molecule has 0 atom stereocenters. The van der Waals surface area contributed by atoms with E-state index in [0.29, 0.717) is 19.0 Å². The molecule has 0 radical (unpaired) electrons. The van der Waals surface area contributed by atoms with Gasteiger partial charge in [-0.05, 0) is 70.9 Å². The molecule has 1 heterocycles. The van der Waals surface area contributed by atoms with E-state index in [2.05, 4.69) is 12.2 Å². The molecule has 0 bridgehead atoms. The zero-order chi connectivity index (χ0) is 23.3. The van der Waals surface area contributed by atoms with Crippen LogP contribution in [0.2, 0.25) is 0 Å². The minimum atomic E-state index is -0.312. The monoisotopic (exact) mass is 434 g/mol. The molecule has 0 saturated carbocycles. The van der Waals surface area contributed by atoms with Crippen LogP contribution in [0.15, 0.2) is 54.6 Å². The van der Waals surface area contributed by atoms with Crippen LogP contribution < -0.4 is 10.1 Å². The maximum Gasteiger partial charge on any atom is 0.318 e. The van der Waals surface area contributed by atoms with Crippen molar-refractivity contribution in [3.05, 3.63) is 71.4 Å². The fourth-order valence-electron chi connectivity index (χ4n) is 3.47. The van der Waals surface area contributed by atoms with Crippen molar-refractivity contribution in [1.29, 1.82) is 0 Å². The largest absolute Gasteiger partial charge is 0.439 e. The van der Waals surface area contributed by atoms with Crippen LogP contribution in [-0.2, 0) is 6.54 Å². The van der Waals surface area contributed by atoms with E-state index in [4.69, 9.17) is 9.84 Å². The molecule has 0 saturated heterocycles. The summed E-state index contributed by atoms with van der Waals surface area (Å²) in [6.45, 7) is 13.1. The fraction of sp³-hybridized carbons (Fsp3) is 0.385. The van der Waals surface area contributed by atoms with Crippen LogP contribution in [0.4, 0.5) is 4.79 Å². The van der Waals surface area contributed by atoms with Crippen LogP contribution in [0.3, 0.4) is 0 Å². The highest BCUT2D eigenvalue weighted by atomic mass is 16.5. The molecule has 32 heavy (non-hydrogen) atoms. The first-order chi connectivity index (χ1) is 15.2. The average molecular weight is 435 g/mol. The third kappa shape index (κ3) is 5.90. The number of benzene rings is 2. The summed E-state index contributed by atoms with van der Waals surface area (Å²) in [6, 6.07) is 17.8. The van der Waals surface area contributed by atoms with E-state index in [1.165, 1.54) is 0 Å². The Balaban J connectivity index is 2.03. The van der Waals surface area contributed by atoms with Gasteiger partial charge in [-0.1, -0.05) is 37.3 Å². The molecule has 0 aliphatic heterocycles. The Morgan fingerprint density at radius 2 is 1.81 bits per heavy atom. The number of aryl methyl sites for hydroxylation is 2. The van der Waals surface area contributed by atoms with Crippen LogP contribution in [0.1, 0.15) is 50.9 Å². The minimum Gasteiger partial charge on any atom is -0.439 e. The molecule has 1 N–H and O–H groups in total. The van der Waals surface area contributed by atoms with Crippen molar-refractivity contribution < 1.29 is 9.53 Å². The number of nitrogens with zero attached hydrogens (tertiary/aromatic N) is 3. The van der Waals surface area contributed by atoms with Gasteiger partial charge in [0.1, 0.15) is 5.75 Å². The molecule has 0 fully saturated rings. The van der Waals surface area contributed by atoms with Crippen molar-refractivity contribution >= 4 is 6.03 Å². The van der Waals surface area contributed by atoms with E-state index in [9.17, 15) is 4.79 Å². The predicted octanol–water partition coefficient (Wildman–Crippen LogP) is 6.00. The fourth-order valence-corrected chi connectivity index (χ4v) is 3.47. The number of hydrogen-bond donors (Lipinski definition) is 1. The second-order valence-corrected chi connectivity index (χ2v) is 9.14. The molecule has 6 nitrogen and oxygen atoms in total. The highest BCUT2D eigenvalue weighted by molar-refractivity contribution is 5.75. The maximum atomic E-state index is 13.0. The molecule has 170 valence electrons. The van der Waals surface area contributed by atoms with Gasteiger partial charge in [0.05, 0.1) is 23.5 Å². The van der Waals surface area contributed by atoms with Gasteiger partial charge in [-0.3, -0.25) is 0 Å². The highest BCUT2D eigenvalue weighted by Crippen LogP contribution is 2.32. The molecule has 3 aromatic rings. The average Bonchev–Trinajstić information content (AvgIpc) is 3.02. The lowest BCUT2D eigenvalue weighted by molar-refractivity contribution is 0.185. The molecule has 0 aliphatic rings. The van der Waals surface area contributed by atoms with Crippen molar-refractivity contribution in [2.24, 2.45) is 0 Å². The predicted molar refractivity (Wildman–Crippen MR) is 129 cm³/mol. The lowest BCUT2D eigenvalue weighted by atomic mass is 10.1. The van der Waals surface area contributed by atoms with Crippen LogP contribution in [0.5, 0.6) is 11.6 Å². The summed E-state index contributed by atoms with van der Waals surface area (Å²) in [7, 11) is 0. The summed E-state index contributed by atoms with van der Waals surface area (Å²) >= 11 is 0. The van der Waals surface area contributed by atoms with E-state index in [0.717, 1.165) is 34.7 Å². The van der Waals surface area contributed by atoms with E-state index < -0.39 is 0 Å². The van der Waals surface area contributed by atoms with Gasteiger partial charge in [0, 0.05) is 12.1 Å². The summed E-state index contributed by atoms with van der Waals surface area (Å²) in [4.78, 5) is 14.8. The van der Waals surface area contributed by atoms with Crippen LogP contribution in [0.25, 0.3) is 5.69 Å². The molecule has 0 unspecified atom stereocenters. The van der Waals surface area contributed by atoms with E-state index in [1.807, 2.05) is 98.8 Å². The molecular formula is C26H34N4O2. The van der Waals surface area contributed by atoms with E-state index in [1.54, 1.807) is 0 Å². The van der Waals surface area contributed by atoms with Crippen LogP contribution in [0, 0.1) is 13.8 Å². The van der Waals surface area contributed by atoms with Gasteiger partial charge in [0.2, 0.25) is 5.88 Å². The minimum absolute atomic E-state index is 0.0901. The van der Waals surface area contributed by atoms with E-state index in [-0.39, 0.29) is 11.6 Å². The first-order valence-corrected chi connectivity index (χ1v) is 11.1. The number of carbonyl (C=O) groups excluding carboxylic acids is 1. The molecule has 6 heteroatoms. The maximum absolute atomic E-state index is 13.0. The zero-order valence-corrected chi connectivity index (χ0v) is 20.0. The smallest absolute Gasteiger partial charge is 0.318 e. The third-order valence-corrected chi connectivity index (χ3v) is 4.95. The second-order valence-electron chi connectivity index (χ2n) is 9.14. The number of hydrogen-bond acceptors (Lipinski definition) is 3. The summed E-state index contributed by atoms with van der Waals surface area (Å²) in [5, 5.41) is 7.86. The number of urea groups is 1. The summed E-state index contributed by atoms with van der Waals surface area (Å²) in [5.41, 5.74) is 3.44. The van der Waals surface area contributed by atoms with Crippen molar-refractivity contribution in [3.8, 4) is 17.3 Å².